The first-order valence-electron chi connectivity index (χ1n) is 7.02. The van der Waals surface area contributed by atoms with Crippen molar-refractivity contribution in [3.05, 3.63) is 35.0 Å². The van der Waals surface area contributed by atoms with Gasteiger partial charge < -0.3 is 10.2 Å². The van der Waals surface area contributed by atoms with Gasteiger partial charge >= 0.3 is 6.18 Å². The fourth-order valence-electron chi connectivity index (χ4n) is 2.34. The molecule has 0 radical (unpaired) electrons. The van der Waals surface area contributed by atoms with Gasteiger partial charge in [-0.2, -0.15) is 23.3 Å². The summed E-state index contributed by atoms with van der Waals surface area (Å²) < 4.78 is 38.4. The third-order valence-corrected chi connectivity index (χ3v) is 3.82. The number of anilines is 3. The van der Waals surface area contributed by atoms with Crippen LogP contribution in [0.4, 0.5) is 30.6 Å². The second-order valence-corrected chi connectivity index (χ2v) is 5.56. The Kier molecular flexibility index (Phi) is 4.25. The van der Waals surface area contributed by atoms with Crippen molar-refractivity contribution in [1.82, 2.24) is 15.2 Å². The van der Waals surface area contributed by atoms with Crippen molar-refractivity contribution in [3.8, 4) is 0 Å². The number of nitrogens with one attached hydrogen (secondary N) is 1. The van der Waals surface area contributed by atoms with Crippen LogP contribution in [0.2, 0.25) is 5.02 Å². The van der Waals surface area contributed by atoms with Gasteiger partial charge in [0.05, 0.1) is 22.5 Å². The van der Waals surface area contributed by atoms with E-state index < -0.39 is 11.7 Å². The summed E-state index contributed by atoms with van der Waals surface area (Å²) in [6.07, 6.45) is -0.983. The number of rotatable bonds is 3. The standard InChI is InChI=1S/C14H13ClF3N5/c15-10-4-3-9(14(16,17)18)7-11(10)20-12-8-19-22-13(21-12)23-5-1-2-6-23/h3-4,7-8H,1-2,5-6H2,(H,20,21,22). The molecule has 0 spiro atoms. The molecule has 1 N–H and O–H groups in total. The fraction of sp³-hybridized carbons (Fsp3) is 0.357. The molecule has 1 saturated heterocycles. The van der Waals surface area contributed by atoms with E-state index in [0.717, 1.165) is 38.1 Å². The van der Waals surface area contributed by atoms with Gasteiger partial charge in [-0.25, -0.2) is 0 Å². The lowest BCUT2D eigenvalue weighted by Gasteiger charge is -2.15. The highest BCUT2D eigenvalue weighted by molar-refractivity contribution is 6.33. The second-order valence-electron chi connectivity index (χ2n) is 5.15. The van der Waals surface area contributed by atoms with Crippen LogP contribution in [0.5, 0.6) is 0 Å². The summed E-state index contributed by atoms with van der Waals surface area (Å²) in [6, 6.07) is 3.07. The molecule has 0 amide bonds. The van der Waals surface area contributed by atoms with E-state index in [-0.39, 0.29) is 10.7 Å². The Morgan fingerprint density at radius 2 is 1.91 bits per heavy atom. The second kappa shape index (κ2) is 6.19. The molecule has 1 aromatic carbocycles. The minimum absolute atomic E-state index is 0.120. The molecule has 1 aliphatic heterocycles. The van der Waals surface area contributed by atoms with Gasteiger partial charge in [0.15, 0.2) is 5.82 Å². The lowest BCUT2D eigenvalue weighted by Crippen LogP contribution is -2.21. The number of hydrogen-bond acceptors (Lipinski definition) is 5. The largest absolute Gasteiger partial charge is 0.416 e. The number of alkyl halides is 3. The van der Waals surface area contributed by atoms with Crippen molar-refractivity contribution in [3.63, 3.8) is 0 Å². The van der Waals surface area contributed by atoms with Gasteiger partial charge in [-0.05, 0) is 31.0 Å². The summed E-state index contributed by atoms with van der Waals surface area (Å²) in [4.78, 5) is 6.26. The monoisotopic (exact) mass is 343 g/mol. The third kappa shape index (κ3) is 3.64. The summed E-state index contributed by atoms with van der Waals surface area (Å²) in [7, 11) is 0. The van der Waals surface area contributed by atoms with Gasteiger partial charge in [0.2, 0.25) is 5.95 Å². The molecule has 1 aliphatic rings. The quantitative estimate of drug-likeness (QED) is 0.916. The molecule has 2 aromatic rings. The molecule has 1 aromatic heterocycles. The highest BCUT2D eigenvalue weighted by atomic mass is 35.5. The first-order chi connectivity index (χ1) is 10.9. The predicted molar refractivity (Wildman–Crippen MR) is 81.0 cm³/mol. The number of aromatic nitrogens is 3. The maximum Gasteiger partial charge on any atom is 0.416 e. The Hall–Kier alpha value is -2.09. The number of benzene rings is 1. The van der Waals surface area contributed by atoms with E-state index in [1.54, 1.807) is 0 Å². The van der Waals surface area contributed by atoms with Crippen molar-refractivity contribution < 1.29 is 13.2 Å². The average molecular weight is 344 g/mol. The van der Waals surface area contributed by atoms with Crippen LogP contribution in [-0.2, 0) is 6.18 Å². The molecule has 1 fully saturated rings. The molecule has 122 valence electrons. The molecule has 0 bridgehead atoms. The van der Waals surface area contributed by atoms with Crippen LogP contribution in [0.15, 0.2) is 24.4 Å². The van der Waals surface area contributed by atoms with Crippen molar-refractivity contribution in [2.24, 2.45) is 0 Å². The zero-order valence-corrected chi connectivity index (χ0v) is 12.7. The summed E-state index contributed by atoms with van der Waals surface area (Å²) in [5.41, 5.74) is -0.666. The van der Waals surface area contributed by atoms with Crippen molar-refractivity contribution in [1.29, 1.82) is 0 Å². The van der Waals surface area contributed by atoms with Crippen molar-refractivity contribution in [2.45, 2.75) is 19.0 Å². The van der Waals surface area contributed by atoms with Crippen LogP contribution in [0.3, 0.4) is 0 Å². The van der Waals surface area contributed by atoms with Gasteiger partial charge in [-0.15, -0.1) is 5.10 Å². The third-order valence-electron chi connectivity index (χ3n) is 3.49. The first kappa shape index (κ1) is 15.8. The van der Waals surface area contributed by atoms with Crippen LogP contribution in [0, 0.1) is 0 Å². The number of halogens is 4. The summed E-state index contributed by atoms with van der Waals surface area (Å²) in [6.45, 7) is 1.69. The van der Waals surface area contributed by atoms with E-state index in [0.29, 0.717) is 11.8 Å². The van der Waals surface area contributed by atoms with Crippen LogP contribution >= 0.6 is 11.6 Å². The average Bonchev–Trinajstić information content (AvgIpc) is 3.03. The van der Waals surface area contributed by atoms with Crippen molar-refractivity contribution in [2.75, 3.05) is 23.3 Å². The molecular formula is C14H13ClF3N5. The van der Waals surface area contributed by atoms with Gasteiger partial charge in [0.1, 0.15) is 0 Å². The molecule has 0 aliphatic carbocycles. The van der Waals surface area contributed by atoms with Crippen LogP contribution < -0.4 is 10.2 Å². The van der Waals surface area contributed by atoms with Crippen LogP contribution in [0.1, 0.15) is 18.4 Å². The van der Waals surface area contributed by atoms with Crippen LogP contribution in [-0.4, -0.2) is 28.3 Å². The Morgan fingerprint density at radius 1 is 1.17 bits per heavy atom. The fourth-order valence-corrected chi connectivity index (χ4v) is 2.51. The van der Waals surface area contributed by atoms with Gasteiger partial charge in [-0.3, -0.25) is 0 Å². The Bertz CT molecular complexity index is 701. The highest BCUT2D eigenvalue weighted by Gasteiger charge is 2.31. The predicted octanol–water partition coefficient (Wildman–Crippen LogP) is 3.89. The summed E-state index contributed by atoms with van der Waals surface area (Å²) in [5, 5.41) is 10.7. The zero-order valence-electron chi connectivity index (χ0n) is 11.9. The van der Waals surface area contributed by atoms with Gasteiger partial charge in [-0.1, -0.05) is 11.6 Å². The number of nitrogens with zero attached hydrogens (tertiary/aromatic N) is 4. The number of hydrogen-bond donors (Lipinski definition) is 1. The molecule has 3 rings (SSSR count). The SMILES string of the molecule is FC(F)(F)c1ccc(Cl)c(Nc2cnnc(N3CCCC3)n2)c1. The van der Waals surface area contributed by atoms with E-state index in [1.807, 2.05) is 4.90 Å². The Balaban J connectivity index is 1.85. The topological polar surface area (TPSA) is 53.9 Å². The Morgan fingerprint density at radius 3 is 2.61 bits per heavy atom. The maximum absolute atomic E-state index is 12.8. The smallest absolute Gasteiger partial charge is 0.339 e. The molecule has 0 atom stereocenters. The van der Waals surface area contributed by atoms with E-state index in [1.165, 1.54) is 12.3 Å². The Labute approximate surface area is 135 Å². The normalized spacial score (nSPS) is 15.0. The minimum Gasteiger partial charge on any atom is -0.339 e. The van der Waals surface area contributed by atoms with Gasteiger partial charge in [0.25, 0.3) is 0 Å². The van der Waals surface area contributed by atoms with Gasteiger partial charge in [0, 0.05) is 13.1 Å². The molecule has 23 heavy (non-hydrogen) atoms. The van der Waals surface area contributed by atoms with E-state index in [2.05, 4.69) is 20.5 Å². The molecule has 0 saturated carbocycles. The van der Waals surface area contributed by atoms with E-state index >= 15 is 0 Å². The molecule has 2 heterocycles. The highest BCUT2D eigenvalue weighted by Crippen LogP contribution is 2.34. The summed E-state index contributed by atoms with van der Waals surface area (Å²) in [5.74, 6) is 0.749. The minimum atomic E-state index is -4.44. The maximum atomic E-state index is 12.8. The summed E-state index contributed by atoms with van der Waals surface area (Å²) >= 11 is 5.96. The first-order valence-corrected chi connectivity index (χ1v) is 7.40. The molecule has 0 unspecified atom stereocenters. The zero-order chi connectivity index (χ0) is 16.4. The van der Waals surface area contributed by atoms with E-state index in [9.17, 15) is 13.2 Å². The molecular weight excluding hydrogens is 331 g/mol. The molecule has 5 nitrogen and oxygen atoms in total. The van der Waals surface area contributed by atoms with Crippen molar-refractivity contribution >= 4 is 29.1 Å². The molecule has 9 heteroatoms. The lowest BCUT2D eigenvalue weighted by atomic mass is 10.2. The van der Waals surface area contributed by atoms with E-state index in [4.69, 9.17) is 11.6 Å². The lowest BCUT2D eigenvalue weighted by molar-refractivity contribution is -0.137. The van der Waals surface area contributed by atoms with Crippen LogP contribution in [0.25, 0.3) is 0 Å².